The number of hydrogen-bond donors (Lipinski definition) is 1. The standard InChI is InChI=1S/C17H18FNO/c1-12(13-5-3-2-4-6-13)19-11-16-10-14-9-15(18)7-8-17(14)20-16/h2-9,12,16,19H,10-11H2,1H3/t12-,16?/m0/s1. The molecule has 0 radical (unpaired) electrons. The second-order valence-corrected chi connectivity index (χ2v) is 5.24. The Kier molecular flexibility index (Phi) is 3.70. The summed E-state index contributed by atoms with van der Waals surface area (Å²) >= 11 is 0. The molecule has 0 saturated heterocycles. The second-order valence-electron chi connectivity index (χ2n) is 5.24. The first kappa shape index (κ1) is 13.1. The summed E-state index contributed by atoms with van der Waals surface area (Å²) in [6.45, 7) is 2.89. The molecule has 0 saturated carbocycles. The van der Waals surface area contributed by atoms with Crippen molar-refractivity contribution in [1.82, 2.24) is 5.32 Å². The van der Waals surface area contributed by atoms with Crippen LogP contribution >= 0.6 is 0 Å². The van der Waals surface area contributed by atoms with E-state index in [1.54, 1.807) is 12.1 Å². The second kappa shape index (κ2) is 5.63. The van der Waals surface area contributed by atoms with Crippen LogP contribution in [-0.4, -0.2) is 12.6 Å². The lowest BCUT2D eigenvalue weighted by Crippen LogP contribution is -2.31. The molecule has 2 aromatic carbocycles. The molecule has 2 atom stereocenters. The molecule has 0 fully saturated rings. The Labute approximate surface area is 118 Å². The first-order chi connectivity index (χ1) is 9.72. The van der Waals surface area contributed by atoms with Gasteiger partial charge in [-0.15, -0.1) is 0 Å². The Morgan fingerprint density at radius 2 is 2.05 bits per heavy atom. The molecule has 0 amide bonds. The summed E-state index contributed by atoms with van der Waals surface area (Å²) in [5.41, 5.74) is 2.22. The monoisotopic (exact) mass is 271 g/mol. The van der Waals surface area contributed by atoms with Crippen molar-refractivity contribution in [2.75, 3.05) is 6.54 Å². The van der Waals surface area contributed by atoms with Crippen LogP contribution in [0.15, 0.2) is 48.5 Å². The molecule has 3 rings (SSSR count). The third-order valence-electron chi connectivity index (χ3n) is 3.72. The summed E-state index contributed by atoms with van der Waals surface area (Å²) in [4.78, 5) is 0. The number of nitrogens with one attached hydrogen (secondary N) is 1. The van der Waals surface area contributed by atoms with Crippen LogP contribution in [0.4, 0.5) is 4.39 Å². The Morgan fingerprint density at radius 1 is 1.25 bits per heavy atom. The van der Waals surface area contributed by atoms with E-state index in [0.717, 1.165) is 24.3 Å². The number of ether oxygens (including phenoxy) is 1. The Morgan fingerprint density at radius 3 is 2.85 bits per heavy atom. The lowest BCUT2D eigenvalue weighted by atomic mass is 10.1. The van der Waals surface area contributed by atoms with Crippen LogP contribution in [0.5, 0.6) is 5.75 Å². The average Bonchev–Trinajstić information content (AvgIpc) is 2.87. The zero-order valence-electron chi connectivity index (χ0n) is 11.5. The van der Waals surface area contributed by atoms with Gasteiger partial charge in [0.1, 0.15) is 17.7 Å². The highest BCUT2D eigenvalue weighted by atomic mass is 19.1. The van der Waals surface area contributed by atoms with E-state index in [2.05, 4.69) is 24.4 Å². The smallest absolute Gasteiger partial charge is 0.123 e. The van der Waals surface area contributed by atoms with Crippen molar-refractivity contribution in [3.8, 4) is 5.75 Å². The molecule has 104 valence electrons. The zero-order chi connectivity index (χ0) is 13.9. The lowest BCUT2D eigenvalue weighted by Gasteiger charge is -2.17. The molecule has 1 aliphatic heterocycles. The van der Waals surface area contributed by atoms with Crippen LogP contribution in [0.1, 0.15) is 24.1 Å². The van der Waals surface area contributed by atoms with Gasteiger partial charge in [-0.25, -0.2) is 4.39 Å². The van der Waals surface area contributed by atoms with E-state index in [4.69, 9.17) is 4.74 Å². The van der Waals surface area contributed by atoms with Crippen LogP contribution in [0.25, 0.3) is 0 Å². The van der Waals surface area contributed by atoms with E-state index in [0.29, 0.717) is 0 Å². The van der Waals surface area contributed by atoms with E-state index >= 15 is 0 Å². The van der Waals surface area contributed by atoms with Crippen LogP contribution in [0.3, 0.4) is 0 Å². The highest BCUT2D eigenvalue weighted by Gasteiger charge is 2.23. The van der Waals surface area contributed by atoms with Crippen LogP contribution in [-0.2, 0) is 6.42 Å². The molecule has 20 heavy (non-hydrogen) atoms. The molecule has 0 bridgehead atoms. The fraction of sp³-hybridized carbons (Fsp3) is 0.294. The minimum Gasteiger partial charge on any atom is -0.488 e. The lowest BCUT2D eigenvalue weighted by molar-refractivity contribution is 0.222. The molecular formula is C17H18FNO. The molecule has 2 nitrogen and oxygen atoms in total. The van der Waals surface area contributed by atoms with Gasteiger partial charge in [0.2, 0.25) is 0 Å². The van der Waals surface area contributed by atoms with E-state index in [1.807, 2.05) is 18.2 Å². The summed E-state index contributed by atoms with van der Waals surface area (Å²) in [5.74, 6) is 0.615. The Hall–Kier alpha value is -1.87. The van der Waals surface area contributed by atoms with Gasteiger partial charge < -0.3 is 10.1 Å². The number of benzene rings is 2. The normalized spacial score (nSPS) is 18.4. The minimum absolute atomic E-state index is 0.0814. The summed E-state index contributed by atoms with van der Waals surface area (Å²) in [7, 11) is 0. The zero-order valence-corrected chi connectivity index (χ0v) is 11.5. The van der Waals surface area contributed by atoms with Gasteiger partial charge in [0.25, 0.3) is 0 Å². The van der Waals surface area contributed by atoms with Crippen LogP contribution < -0.4 is 10.1 Å². The highest BCUT2D eigenvalue weighted by molar-refractivity contribution is 5.38. The predicted octanol–water partition coefficient (Wildman–Crippen LogP) is 3.48. The summed E-state index contributed by atoms with van der Waals surface area (Å²) in [5, 5.41) is 3.47. The van der Waals surface area contributed by atoms with Crippen LogP contribution in [0.2, 0.25) is 0 Å². The first-order valence-electron chi connectivity index (χ1n) is 6.96. The number of rotatable bonds is 4. The van der Waals surface area contributed by atoms with Gasteiger partial charge in [-0.05, 0) is 30.7 Å². The SMILES string of the molecule is C[C@H](NCC1Cc2cc(F)ccc2O1)c1ccccc1. The molecule has 1 unspecified atom stereocenters. The van der Waals surface area contributed by atoms with Gasteiger partial charge in [0.15, 0.2) is 0 Å². The van der Waals surface area contributed by atoms with Crippen molar-refractivity contribution in [1.29, 1.82) is 0 Å². The predicted molar refractivity (Wildman–Crippen MR) is 77.4 cm³/mol. The largest absolute Gasteiger partial charge is 0.488 e. The molecule has 1 N–H and O–H groups in total. The minimum atomic E-state index is -0.196. The van der Waals surface area contributed by atoms with E-state index in [9.17, 15) is 4.39 Å². The van der Waals surface area contributed by atoms with E-state index in [-0.39, 0.29) is 18.0 Å². The fourth-order valence-corrected chi connectivity index (χ4v) is 2.57. The van der Waals surface area contributed by atoms with Gasteiger partial charge in [-0.2, -0.15) is 0 Å². The molecule has 3 heteroatoms. The van der Waals surface area contributed by atoms with Gasteiger partial charge in [0, 0.05) is 24.6 Å². The maximum atomic E-state index is 13.2. The number of halogens is 1. The maximum Gasteiger partial charge on any atom is 0.123 e. The molecule has 0 aliphatic carbocycles. The van der Waals surface area contributed by atoms with Crippen molar-refractivity contribution in [2.24, 2.45) is 0 Å². The fourth-order valence-electron chi connectivity index (χ4n) is 2.57. The van der Waals surface area contributed by atoms with Crippen molar-refractivity contribution in [3.05, 3.63) is 65.5 Å². The quantitative estimate of drug-likeness (QED) is 0.919. The first-order valence-corrected chi connectivity index (χ1v) is 6.96. The van der Waals surface area contributed by atoms with Gasteiger partial charge in [0.05, 0.1) is 0 Å². The summed E-state index contributed by atoms with van der Waals surface area (Å²) in [6, 6.07) is 15.3. The third-order valence-corrected chi connectivity index (χ3v) is 3.72. The van der Waals surface area contributed by atoms with Gasteiger partial charge in [-0.3, -0.25) is 0 Å². The molecule has 1 heterocycles. The van der Waals surface area contributed by atoms with Crippen molar-refractivity contribution in [3.63, 3.8) is 0 Å². The van der Waals surface area contributed by atoms with Crippen molar-refractivity contribution in [2.45, 2.75) is 25.5 Å². The molecule has 1 aliphatic rings. The van der Waals surface area contributed by atoms with Gasteiger partial charge in [-0.1, -0.05) is 30.3 Å². The molecule has 2 aromatic rings. The van der Waals surface area contributed by atoms with E-state index < -0.39 is 0 Å². The molecule has 0 spiro atoms. The Bertz CT molecular complexity index is 585. The van der Waals surface area contributed by atoms with Crippen molar-refractivity contribution < 1.29 is 9.13 Å². The Balaban J connectivity index is 1.56. The highest BCUT2D eigenvalue weighted by Crippen LogP contribution is 2.29. The van der Waals surface area contributed by atoms with E-state index in [1.165, 1.54) is 11.6 Å². The molecule has 0 aromatic heterocycles. The molecular weight excluding hydrogens is 253 g/mol. The number of hydrogen-bond acceptors (Lipinski definition) is 2. The van der Waals surface area contributed by atoms with Crippen molar-refractivity contribution >= 4 is 0 Å². The topological polar surface area (TPSA) is 21.3 Å². The average molecular weight is 271 g/mol. The third kappa shape index (κ3) is 2.83. The van der Waals surface area contributed by atoms with Gasteiger partial charge >= 0.3 is 0 Å². The summed E-state index contributed by atoms with van der Waals surface area (Å²) in [6.07, 6.45) is 0.847. The van der Waals surface area contributed by atoms with Crippen LogP contribution in [0, 0.1) is 5.82 Å². The number of fused-ring (bicyclic) bond motifs is 1. The summed E-state index contributed by atoms with van der Waals surface area (Å²) < 4.78 is 19.0. The maximum absolute atomic E-state index is 13.2.